The number of hydrogen-bond acceptors (Lipinski definition) is 9. The van der Waals surface area contributed by atoms with E-state index in [2.05, 4.69) is 15.6 Å². The summed E-state index contributed by atoms with van der Waals surface area (Å²) >= 11 is 1.31. The molecule has 3 aromatic rings. The number of nitrogens with zero attached hydrogens (tertiary/aromatic N) is 4. The molecule has 1 atom stereocenters. The van der Waals surface area contributed by atoms with Gasteiger partial charge in [0.05, 0.1) is 23.1 Å². The molecule has 2 fully saturated rings. The van der Waals surface area contributed by atoms with E-state index in [0.29, 0.717) is 41.9 Å². The van der Waals surface area contributed by atoms with Crippen molar-refractivity contribution in [3.05, 3.63) is 39.6 Å². The van der Waals surface area contributed by atoms with Gasteiger partial charge in [-0.25, -0.2) is 14.8 Å². The van der Waals surface area contributed by atoms with Crippen LogP contribution >= 0.6 is 11.3 Å². The van der Waals surface area contributed by atoms with Gasteiger partial charge in [-0.3, -0.25) is 14.2 Å². The van der Waals surface area contributed by atoms with Gasteiger partial charge < -0.3 is 25.4 Å². The molecule has 11 nitrogen and oxygen atoms in total. The normalized spacial score (nSPS) is 18.3. The lowest BCUT2D eigenvalue weighted by Gasteiger charge is -2.39. The Balaban J connectivity index is 1.41. The first kappa shape index (κ1) is 23.2. The zero-order valence-electron chi connectivity index (χ0n) is 19.2. The number of rotatable bonds is 7. The van der Waals surface area contributed by atoms with E-state index >= 15 is 0 Å². The first-order valence-electron chi connectivity index (χ1n) is 11.5. The third kappa shape index (κ3) is 4.46. The molecule has 5 heterocycles. The van der Waals surface area contributed by atoms with Crippen molar-refractivity contribution in [1.82, 2.24) is 19.9 Å². The van der Waals surface area contributed by atoms with Gasteiger partial charge in [0.15, 0.2) is 10.8 Å². The number of thiazole rings is 1. The molecule has 0 aliphatic carbocycles. The van der Waals surface area contributed by atoms with E-state index < -0.39 is 11.4 Å². The van der Waals surface area contributed by atoms with Gasteiger partial charge in [0.2, 0.25) is 11.3 Å². The summed E-state index contributed by atoms with van der Waals surface area (Å²) in [5.41, 5.74) is -0.208. The first-order chi connectivity index (χ1) is 17.0. The molecule has 5 rings (SSSR count). The molecule has 2 saturated heterocycles. The van der Waals surface area contributed by atoms with E-state index in [1.54, 1.807) is 24.7 Å². The molecule has 0 aromatic carbocycles. The van der Waals surface area contributed by atoms with Gasteiger partial charge in [-0.15, -0.1) is 11.3 Å². The third-order valence-corrected chi connectivity index (χ3v) is 7.20. The van der Waals surface area contributed by atoms with E-state index in [-0.39, 0.29) is 28.9 Å². The van der Waals surface area contributed by atoms with Gasteiger partial charge in [0.25, 0.3) is 0 Å². The monoisotopic (exact) mass is 498 g/mol. The predicted molar refractivity (Wildman–Crippen MR) is 132 cm³/mol. The number of aromatic nitrogens is 3. The lowest BCUT2D eigenvalue weighted by Crippen LogP contribution is -2.55. The highest BCUT2D eigenvalue weighted by molar-refractivity contribution is 7.12. The average Bonchev–Trinajstić information content (AvgIpc) is 3.36. The standard InChI is InChI=1S/C23H26N6O5S/c1-24-16-8-17(28-10-13(11-28)21(31)26-9-14-4-2-3-6-34-14)27-20-18(16)19(30)15(22(32)33)12-29(20)23-25-5-7-35-23/h5,7-8,12-14H,2-4,6,9-11H2,1H3,(H,24,27)(H,26,31)(H,32,33). The second-order valence-corrected chi connectivity index (χ2v) is 9.55. The van der Waals surface area contributed by atoms with Gasteiger partial charge in [-0.2, -0.15) is 0 Å². The minimum atomic E-state index is -1.32. The van der Waals surface area contributed by atoms with Crippen LogP contribution in [0.1, 0.15) is 29.6 Å². The highest BCUT2D eigenvalue weighted by atomic mass is 32.1. The second kappa shape index (κ2) is 9.62. The number of carbonyl (C=O) groups is 2. The summed E-state index contributed by atoms with van der Waals surface area (Å²) in [6, 6.07) is 1.71. The summed E-state index contributed by atoms with van der Waals surface area (Å²) in [7, 11) is 1.67. The lowest BCUT2D eigenvalue weighted by atomic mass is 9.98. The molecule has 0 radical (unpaired) electrons. The van der Waals surface area contributed by atoms with Crippen molar-refractivity contribution in [2.24, 2.45) is 5.92 Å². The molecule has 2 aliphatic heterocycles. The number of carboxylic acid groups (broad SMARTS) is 1. The van der Waals surface area contributed by atoms with Crippen LogP contribution in [-0.2, 0) is 9.53 Å². The number of carboxylic acids is 1. The van der Waals surface area contributed by atoms with Gasteiger partial charge in [0, 0.05) is 57.1 Å². The molecule has 0 spiro atoms. The maximum atomic E-state index is 13.0. The van der Waals surface area contributed by atoms with Crippen molar-refractivity contribution in [2.45, 2.75) is 25.4 Å². The third-order valence-electron chi connectivity index (χ3n) is 6.42. The summed E-state index contributed by atoms with van der Waals surface area (Å²) in [6.45, 7) is 2.26. The molecule has 1 unspecified atom stereocenters. The number of pyridine rings is 2. The number of anilines is 2. The maximum absolute atomic E-state index is 13.0. The summed E-state index contributed by atoms with van der Waals surface area (Å²) in [5.74, 6) is -0.890. The van der Waals surface area contributed by atoms with Crippen LogP contribution in [0.3, 0.4) is 0 Å². The largest absolute Gasteiger partial charge is 0.477 e. The van der Waals surface area contributed by atoms with Crippen LogP contribution in [0, 0.1) is 5.92 Å². The molecule has 3 aromatic heterocycles. The van der Waals surface area contributed by atoms with Gasteiger partial charge in [0.1, 0.15) is 11.4 Å². The number of ether oxygens (including phenoxy) is 1. The quantitative estimate of drug-likeness (QED) is 0.444. The van der Waals surface area contributed by atoms with Crippen molar-refractivity contribution in [1.29, 1.82) is 0 Å². The number of nitrogens with one attached hydrogen (secondary N) is 2. The van der Waals surface area contributed by atoms with Crippen molar-refractivity contribution in [3.63, 3.8) is 0 Å². The van der Waals surface area contributed by atoms with Crippen molar-refractivity contribution >= 4 is 45.8 Å². The Labute approximate surface area is 204 Å². The number of fused-ring (bicyclic) bond motifs is 1. The molecule has 3 N–H and O–H groups in total. The number of amides is 1. The van der Waals surface area contributed by atoms with Gasteiger partial charge in [-0.05, 0) is 19.3 Å². The minimum absolute atomic E-state index is 0.00385. The van der Waals surface area contributed by atoms with Crippen LogP contribution in [0.15, 0.2) is 28.6 Å². The lowest BCUT2D eigenvalue weighted by molar-refractivity contribution is -0.126. The van der Waals surface area contributed by atoms with Crippen LogP contribution in [0.2, 0.25) is 0 Å². The molecule has 1 amide bonds. The fourth-order valence-electron chi connectivity index (χ4n) is 4.45. The van der Waals surface area contributed by atoms with Crippen LogP contribution < -0.4 is 21.0 Å². The fourth-order valence-corrected chi connectivity index (χ4v) is 5.07. The van der Waals surface area contributed by atoms with Crippen LogP contribution in [0.5, 0.6) is 0 Å². The summed E-state index contributed by atoms with van der Waals surface area (Å²) in [4.78, 5) is 48.3. The first-order valence-corrected chi connectivity index (χ1v) is 12.4. The Bertz CT molecular complexity index is 1310. The van der Waals surface area contributed by atoms with Crippen LogP contribution in [0.4, 0.5) is 11.5 Å². The Hall–Kier alpha value is -3.51. The summed E-state index contributed by atoms with van der Waals surface area (Å²) in [6.07, 6.45) is 6.12. The van der Waals surface area contributed by atoms with E-state index in [1.807, 2.05) is 4.90 Å². The molecular weight excluding hydrogens is 472 g/mol. The zero-order chi connectivity index (χ0) is 24.5. The topological polar surface area (TPSA) is 139 Å². The molecule has 0 saturated carbocycles. The van der Waals surface area contributed by atoms with E-state index in [1.165, 1.54) is 22.1 Å². The van der Waals surface area contributed by atoms with Crippen molar-refractivity contribution < 1.29 is 19.4 Å². The van der Waals surface area contributed by atoms with E-state index in [4.69, 9.17) is 9.72 Å². The van der Waals surface area contributed by atoms with E-state index in [9.17, 15) is 19.5 Å². The Kier molecular flexibility index (Phi) is 6.39. The predicted octanol–water partition coefficient (Wildman–Crippen LogP) is 1.70. The van der Waals surface area contributed by atoms with Gasteiger partial charge in [-0.1, -0.05) is 0 Å². The van der Waals surface area contributed by atoms with Crippen molar-refractivity contribution in [3.8, 4) is 5.13 Å². The maximum Gasteiger partial charge on any atom is 0.341 e. The summed E-state index contributed by atoms with van der Waals surface area (Å²) < 4.78 is 7.21. The summed E-state index contributed by atoms with van der Waals surface area (Å²) in [5, 5.41) is 18.0. The number of hydrogen-bond donors (Lipinski definition) is 3. The highest BCUT2D eigenvalue weighted by Gasteiger charge is 2.34. The molecule has 12 heteroatoms. The van der Waals surface area contributed by atoms with E-state index in [0.717, 1.165) is 25.9 Å². The Morgan fingerprint density at radius 3 is 2.80 bits per heavy atom. The molecule has 2 aliphatic rings. The highest BCUT2D eigenvalue weighted by Crippen LogP contribution is 2.31. The van der Waals surface area contributed by atoms with Crippen LogP contribution in [-0.4, -0.2) is 70.9 Å². The fraction of sp³-hybridized carbons (Fsp3) is 0.435. The van der Waals surface area contributed by atoms with Crippen molar-refractivity contribution in [2.75, 3.05) is 43.5 Å². The Morgan fingerprint density at radius 1 is 1.31 bits per heavy atom. The van der Waals surface area contributed by atoms with Crippen LogP contribution in [0.25, 0.3) is 16.2 Å². The average molecular weight is 499 g/mol. The number of aromatic carboxylic acids is 1. The zero-order valence-corrected chi connectivity index (χ0v) is 20.0. The molecule has 35 heavy (non-hydrogen) atoms. The molecule has 184 valence electrons. The Morgan fingerprint density at radius 2 is 2.14 bits per heavy atom. The SMILES string of the molecule is CNc1cc(N2CC(C(=O)NCC3CCCCO3)C2)nc2c1c(=O)c(C(=O)O)cn2-c1nccs1. The number of carbonyl (C=O) groups excluding carboxylic acids is 1. The molecule has 0 bridgehead atoms. The smallest absolute Gasteiger partial charge is 0.341 e. The molecular formula is C23H26N6O5S. The minimum Gasteiger partial charge on any atom is -0.477 e. The van der Waals surface area contributed by atoms with Gasteiger partial charge >= 0.3 is 5.97 Å². The second-order valence-electron chi connectivity index (χ2n) is 8.67.